The number of hydrogen-bond acceptors (Lipinski definition) is 5. The second-order valence-corrected chi connectivity index (χ2v) is 6.41. The van der Waals surface area contributed by atoms with E-state index in [-0.39, 0.29) is 0 Å². The van der Waals surface area contributed by atoms with Crippen LogP contribution in [0.3, 0.4) is 0 Å². The predicted octanol–water partition coefficient (Wildman–Crippen LogP) is 4.32. The highest BCUT2D eigenvalue weighted by Crippen LogP contribution is 2.23. The molecule has 0 saturated carbocycles. The number of nitrogens with zero attached hydrogens (tertiary/aromatic N) is 2. The summed E-state index contributed by atoms with van der Waals surface area (Å²) >= 11 is 13.6. The number of hydrogen-bond donors (Lipinski definition) is 2. The monoisotopic (exact) mass is 330 g/mol. The molecule has 2 N–H and O–H groups in total. The maximum Gasteiger partial charge on any atom is 0.224 e. The molecule has 0 fully saturated rings. The lowest BCUT2D eigenvalue weighted by molar-refractivity contribution is 0.948. The first-order valence-corrected chi connectivity index (χ1v) is 8.00. The molecule has 0 aromatic carbocycles. The van der Waals surface area contributed by atoms with Crippen molar-refractivity contribution in [3.63, 3.8) is 0 Å². The van der Waals surface area contributed by atoms with Crippen LogP contribution in [0.25, 0.3) is 0 Å². The number of thiophene rings is 1. The molecule has 2 aromatic heterocycles. The van der Waals surface area contributed by atoms with Crippen LogP contribution in [0.1, 0.15) is 18.2 Å². The summed E-state index contributed by atoms with van der Waals surface area (Å²) in [6.45, 7) is 3.68. The Morgan fingerprint density at radius 2 is 2.05 bits per heavy atom. The van der Waals surface area contributed by atoms with Gasteiger partial charge in [-0.25, -0.2) is 4.98 Å². The highest BCUT2D eigenvalue weighted by Gasteiger charge is 2.05. The normalized spacial score (nSPS) is 10.6. The predicted molar refractivity (Wildman–Crippen MR) is 87.3 cm³/mol. The molecule has 0 aliphatic carbocycles. The van der Waals surface area contributed by atoms with Crippen molar-refractivity contribution in [1.29, 1.82) is 0 Å². The van der Waals surface area contributed by atoms with Crippen LogP contribution in [-0.4, -0.2) is 23.1 Å². The highest BCUT2D eigenvalue weighted by atomic mass is 35.5. The van der Waals surface area contributed by atoms with Crippen LogP contribution in [0.5, 0.6) is 0 Å². The molecular weight excluding hydrogens is 315 g/mol. The Bertz CT molecular complexity index is 559. The molecular formula is C13H16Cl2N4S. The first-order valence-electron chi connectivity index (χ1n) is 6.43. The van der Waals surface area contributed by atoms with E-state index in [1.54, 1.807) is 17.5 Å². The van der Waals surface area contributed by atoms with E-state index in [4.69, 9.17) is 23.2 Å². The van der Waals surface area contributed by atoms with E-state index in [2.05, 4.69) is 27.5 Å². The molecule has 0 atom stereocenters. The fourth-order valence-corrected chi connectivity index (χ4v) is 2.85. The minimum absolute atomic E-state index is 0.524. The summed E-state index contributed by atoms with van der Waals surface area (Å²) in [6, 6.07) is 3.94. The minimum atomic E-state index is 0.524. The molecule has 0 radical (unpaired) electrons. The lowest BCUT2D eigenvalue weighted by atomic mass is 10.3. The molecule has 4 nitrogen and oxygen atoms in total. The second kappa shape index (κ2) is 7.67. The van der Waals surface area contributed by atoms with Crippen LogP contribution in [0.4, 0.5) is 11.8 Å². The van der Waals surface area contributed by atoms with E-state index in [0.29, 0.717) is 16.8 Å². The van der Waals surface area contributed by atoms with Gasteiger partial charge in [0, 0.05) is 18.0 Å². The standard InChI is InChI=1S/C13H16Cl2N4S/c1-2-6-17-13-18-8-10(14)12(19-13)16-7-5-9-3-4-11(15)20-9/h3-4,8H,2,5-7H2,1H3,(H2,16,17,18,19). The van der Waals surface area contributed by atoms with E-state index < -0.39 is 0 Å². The molecule has 2 aromatic rings. The third-order valence-corrected chi connectivity index (χ3v) is 4.14. The molecule has 0 unspecified atom stereocenters. The van der Waals surface area contributed by atoms with Gasteiger partial charge in [-0.1, -0.05) is 30.1 Å². The van der Waals surface area contributed by atoms with Crippen LogP contribution < -0.4 is 10.6 Å². The first kappa shape index (κ1) is 15.4. The average Bonchev–Trinajstić information content (AvgIpc) is 2.85. The quantitative estimate of drug-likeness (QED) is 0.793. The van der Waals surface area contributed by atoms with Gasteiger partial charge in [-0.2, -0.15) is 4.98 Å². The zero-order chi connectivity index (χ0) is 14.4. The van der Waals surface area contributed by atoms with Crippen molar-refractivity contribution in [3.8, 4) is 0 Å². The van der Waals surface area contributed by atoms with Gasteiger partial charge < -0.3 is 10.6 Å². The molecule has 0 bridgehead atoms. The zero-order valence-corrected chi connectivity index (χ0v) is 13.4. The number of nitrogens with one attached hydrogen (secondary N) is 2. The van der Waals surface area contributed by atoms with E-state index in [1.807, 2.05) is 12.1 Å². The molecule has 0 saturated heterocycles. The van der Waals surface area contributed by atoms with Gasteiger partial charge in [0.25, 0.3) is 0 Å². The largest absolute Gasteiger partial charge is 0.368 e. The van der Waals surface area contributed by atoms with Crippen LogP contribution >= 0.6 is 34.5 Å². The van der Waals surface area contributed by atoms with Gasteiger partial charge in [-0.05, 0) is 25.0 Å². The van der Waals surface area contributed by atoms with Crippen molar-refractivity contribution in [1.82, 2.24) is 9.97 Å². The van der Waals surface area contributed by atoms with E-state index in [9.17, 15) is 0 Å². The molecule has 108 valence electrons. The molecule has 2 rings (SSSR count). The van der Waals surface area contributed by atoms with Crippen LogP contribution in [0.2, 0.25) is 9.36 Å². The fourth-order valence-electron chi connectivity index (χ4n) is 1.60. The topological polar surface area (TPSA) is 49.8 Å². The molecule has 0 spiro atoms. The molecule has 0 amide bonds. The van der Waals surface area contributed by atoms with Gasteiger partial charge in [-0.15, -0.1) is 11.3 Å². The first-order chi connectivity index (χ1) is 9.69. The number of halogens is 2. The maximum atomic E-state index is 6.08. The smallest absolute Gasteiger partial charge is 0.224 e. The van der Waals surface area contributed by atoms with Gasteiger partial charge >= 0.3 is 0 Å². The Hall–Kier alpha value is -1.04. The molecule has 2 heterocycles. The lowest BCUT2D eigenvalue weighted by Crippen LogP contribution is -2.09. The number of anilines is 2. The summed E-state index contributed by atoms with van der Waals surface area (Å²) < 4.78 is 0.811. The van der Waals surface area contributed by atoms with Gasteiger partial charge in [0.1, 0.15) is 10.8 Å². The van der Waals surface area contributed by atoms with E-state index in [1.165, 1.54) is 4.88 Å². The van der Waals surface area contributed by atoms with Gasteiger partial charge in [-0.3, -0.25) is 0 Å². The highest BCUT2D eigenvalue weighted by molar-refractivity contribution is 7.16. The van der Waals surface area contributed by atoms with Gasteiger partial charge in [0.2, 0.25) is 5.95 Å². The Kier molecular flexibility index (Phi) is 5.88. The van der Waals surface area contributed by atoms with Crippen LogP contribution in [0.15, 0.2) is 18.3 Å². The Morgan fingerprint density at radius 3 is 2.75 bits per heavy atom. The van der Waals surface area contributed by atoms with Gasteiger partial charge in [0.15, 0.2) is 0 Å². The van der Waals surface area contributed by atoms with Crippen LogP contribution in [-0.2, 0) is 6.42 Å². The maximum absolute atomic E-state index is 6.08. The Morgan fingerprint density at radius 1 is 1.20 bits per heavy atom. The molecule has 20 heavy (non-hydrogen) atoms. The zero-order valence-electron chi connectivity index (χ0n) is 11.1. The molecule has 7 heteroatoms. The average molecular weight is 331 g/mol. The Balaban J connectivity index is 1.90. The van der Waals surface area contributed by atoms with Crippen molar-refractivity contribution in [3.05, 3.63) is 32.6 Å². The van der Waals surface area contributed by atoms with E-state index in [0.717, 1.165) is 30.3 Å². The van der Waals surface area contributed by atoms with Crippen LogP contribution in [0, 0.1) is 0 Å². The summed E-state index contributed by atoms with van der Waals surface area (Å²) in [5.74, 6) is 1.25. The Labute approximate surface area is 132 Å². The summed E-state index contributed by atoms with van der Waals surface area (Å²) in [6.07, 6.45) is 3.51. The molecule has 0 aliphatic heterocycles. The third-order valence-electron chi connectivity index (χ3n) is 2.57. The summed E-state index contributed by atoms with van der Waals surface area (Å²) in [4.78, 5) is 9.73. The van der Waals surface area contributed by atoms with Crippen molar-refractivity contribution in [2.24, 2.45) is 0 Å². The van der Waals surface area contributed by atoms with Crippen molar-refractivity contribution in [2.75, 3.05) is 23.7 Å². The SMILES string of the molecule is CCCNc1ncc(Cl)c(NCCc2ccc(Cl)s2)n1. The number of aromatic nitrogens is 2. The van der Waals surface area contributed by atoms with E-state index >= 15 is 0 Å². The van der Waals surface area contributed by atoms with Crippen molar-refractivity contribution in [2.45, 2.75) is 19.8 Å². The summed E-state index contributed by atoms with van der Waals surface area (Å²) in [5.41, 5.74) is 0. The third kappa shape index (κ3) is 4.51. The van der Waals surface area contributed by atoms with Crippen molar-refractivity contribution >= 4 is 46.3 Å². The summed E-state index contributed by atoms with van der Waals surface area (Å²) in [7, 11) is 0. The van der Waals surface area contributed by atoms with Gasteiger partial charge in [0.05, 0.1) is 10.5 Å². The number of rotatable bonds is 7. The molecule has 0 aliphatic rings. The fraction of sp³-hybridized carbons (Fsp3) is 0.385. The van der Waals surface area contributed by atoms with Crippen molar-refractivity contribution < 1.29 is 0 Å². The second-order valence-electron chi connectivity index (χ2n) is 4.20. The lowest BCUT2D eigenvalue weighted by Gasteiger charge is -2.09. The summed E-state index contributed by atoms with van der Waals surface area (Å²) in [5, 5.41) is 6.89. The minimum Gasteiger partial charge on any atom is -0.368 e.